The van der Waals surface area contributed by atoms with Gasteiger partial charge in [0.25, 0.3) is 0 Å². The van der Waals surface area contributed by atoms with Crippen molar-refractivity contribution in [1.82, 2.24) is 4.57 Å². The highest BCUT2D eigenvalue weighted by atomic mass is 16.5. The molecule has 1 saturated heterocycles. The number of oxazole rings is 1. The van der Waals surface area contributed by atoms with Crippen LogP contribution in [0, 0.1) is 0 Å². The second kappa shape index (κ2) is 4.59. The number of aromatic nitrogens is 1. The first-order chi connectivity index (χ1) is 9.55. The fourth-order valence-corrected chi connectivity index (χ4v) is 2.77. The van der Waals surface area contributed by atoms with Gasteiger partial charge in [0.15, 0.2) is 11.4 Å². The molecule has 1 fully saturated rings. The van der Waals surface area contributed by atoms with Crippen LogP contribution in [-0.2, 0) is 11.3 Å². The molecule has 0 bridgehead atoms. The molecule has 1 atom stereocenters. The zero-order valence-electron chi connectivity index (χ0n) is 11.6. The Kier molecular flexibility index (Phi) is 3.01. The van der Waals surface area contributed by atoms with E-state index < -0.39 is 11.4 Å². The third kappa shape index (κ3) is 1.89. The van der Waals surface area contributed by atoms with Crippen LogP contribution in [0.5, 0.6) is 0 Å². The van der Waals surface area contributed by atoms with E-state index in [0.717, 1.165) is 12.8 Å². The predicted molar refractivity (Wildman–Crippen MR) is 74.1 cm³/mol. The van der Waals surface area contributed by atoms with Crippen LogP contribution in [0.25, 0.3) is 11.1 Å². The van der Waals surface area contributed by atoms with E-state index in [1.165, 1.54) is 4.57 Å². The Morgan fingerprint density at radius 3 is 2.90 bits per heavy atom. The highest BCUT2D eigenvalue weighted by Gasteiger charge is 2.38. The molecule has 1 unspecified atom stereocenters. The summed E-state index contributed by atoms with van der Waals surface area (Å²) in [6, 6.07) is 5.13. The molecule has 20 heavy (non-hydrogen) atoms. The van der Waals surface area contributed by atoms with Crippen molar-refractivity contribution in [2.75, 3.05) is 6.61 Å². The molecule has 0 radical (unpaired) electrons. The second-order valence-electron chi connectivity index (χ2n) is 5.31. The third-order valence-corrected chi connectivity index (χ3v) is 3.95. The van der Waals surface area contributed by atoms with Gasteiger partial charge in [-0.25, -0.2) is 4.79 Å². The molecular weight excluding hydrogens is 258 g/mol. The molecule has 3 rings (SSSR count). The van der Waals surface area contributed by atoms with Gasteiger partial charge in [-0.15, -0.1) is 0 Å². The average molecular weight is 275 g/mol. The molecule has 2 heterocycles. The highest BCUT2D eigenvalue weighted by Crippen LogP contribution is 2.29. The van der Waals surface area contributed by atoms with E-state index >= 15 is 0 Å². The minimum atomic E-state index is -0.749. The molecule has 2 aromatic rings. The highest BCUT2D eigenvalue weighted by molar-refractivity contribution is 6.04. The van der Waals surface area contributed by atoms with Crippen LogP contribution >= 0.6 is 0 Å². The molecule has 1 aromatic carbocycles. The summed E-state index contributed by atoms with van der Waals surface area (Å²) in [5.41, 5.74) is 0.941. The smallest absolute Gasteiger partial charge is 0.408 e. The maximum absolute atomic E-state index is 12.5. The number of carbonyl (C=O) groups excluding carboxylic acids is 1. The Morgan fingerprint density at radius 1 is 1.45 bits per heavy atom. The van der Waals surface area contributed by atoms with Gasteiger partial charge in [-0.2, -0.15) is 0 Å². The Balaban J connectivity index is 2.05. The fourth-order valence-electron chi connectivity index (χ4n) is 2.77. The second-order valence-corrected chi connectivity index (χ2v) is 5.31. The number of hydrogen-bond donors (Lipinski definition) is 0. The number of fused-ring (bicyclic) bond motifs is 1. The zero-order chi connectivity index (χ0) is 14.3. The van der Waals surface area contributed by atoms with Gasteiger partial charge >= 0.3 is 5.76 Å². The minimum Gasteiger partial charge on any atom is -0.408 e. The van der Waals surface area contributed by atoms with E-state index in [1.54, 1.807) is 18.2 Å². The van der Waals surface area contributed by atoms with Crippen LogP contribution in [0.3, 0.4) is 0 Å². The molecule has 1 aliphatic heterocycles. The van der Waals surface area contributed by atoms with Gasteiger partial charge in [0, 0.05) is 18.7 Å². The summed E-state index contributed by atoms with van der Waals surface area (Å²) in [7, 11) is 0. The van der Waals surface area contributed by atoms with Gasteiger partial charge in [0.1, 0.15) is 5.60 Å². The lowest BCUT2D eigenvalue weighted by Gasteiger charge is -2.21. The lowest BCUT2D eigenvalue weighted by Crippen LogP contribution is -2.34. The van der Waals surface area contributed by atoms with Crippen molar-refractivity contribution in [2.24, 2.45) is 0 Å². The maximum Gasteiger partial charge on any atom is 0.419 e. The lowest BCUT2D eigenvalue weighted by molar-refractivity contribution is 0.0213. The molecule has 1 aliphatic rings. The molecule has 5 nitrogen and oxygen atoms in total. The number of rotatable bonds is 3. The Labute approximate surface area is 116 Å². The van der Waals surface area contributed by atoms with E-state index in [9.17, 15) is 9.59 Å². The zero-order valence-corrected chi connectivity index (χ0v) is 11.6. The van der Waals surface area contributed by atoms with E-state index in [-0.39, 0.29) is 5.78 Å². The van der Waals surface area contributed by atoms with Crippen LogP contribution < -0.4 is 5.76 Å². The first kappa shape index (κ1) is 13.1. The van der Waals surface area contributed by atoms with Crippen molar-refractivity contribution < 1.29 is 13.9 Å². The Hall–Kier alpha value is -1.88. The van der Waals surface area contributed by atoms with Gasteiger partial charge in [-0.3, -0.25) is 9.36 Å². The predicted octanol–water partition coefficient (Wildman–Crippen LogP) is 2.37. The minimum absolute atomic E-state index is 0.0520. The molecule has 0 saturated carbocycles. The largest absolute Gasteiger partial charge is 0.419 e. The molecule has 0 N–H and O–H groups in total. The number of Topliss-reactive ketones (excluding diaryl/α,β-unsaturated/α-hetero) is 1. The van der Waals surface area contributed by atoms with Crippen molar-refractivity contribution in [3.8, 4) is 0 Å². The summed E-state index contributed by atoms with van der Waals surface area (Å²) in [4.78, 5) is 24.2. The molecule has 0 aliphatic carbocycles. The molecule has 0 amide bonds. The first-order valence-corrected chi connectivity index (χ1v) is 6.87. The normalized spacial score (nSPS) is 22.5. The van der Waals surface area contributed by atoms with Crippen LogP contribution in [0.15, 0.2) is 27.4 Å². The number of ketones is 1. The van der Waals surface area contributed by atoms with Crippen LogP contribution in [0.1, 0.15) is 37.0 Å². The van der Waals surface area contributed by atoms with Gasteiger partial charge in [0.2, 0.25) is 0 Å². The summed E-state index contributed by atoms with van der Waals surface area (Å²) >= 11 is 0. The number of benzene rings is 1. The van der Waals surface area contributed by atoms with Crippen LogP contribution in [0.2, 0.25) is 0 Å². The number of ether oxygens (including phenoxy) is 1. The van der Waals surface area contributed by atoms with Crippen molar-refractivity contribution in [3.63, 3.8) is 0 Å². The summed E-state index contributed by atoms with van der Waals surface area (Å²) in [6.45, 7) is 4.86. The standard InChI is InChI=1S/C15H17NO4/c1-3-16-11-6-5-10(9-12(11)20-14(16)18)13(17)15(2)7-4-8-19-15/h5-6,9H,3-4,7-8H2,1-2H3. The van der Waals surface area contributed by atoms with E-state index in [0.29, 0.717) is 29.8 Å². The maximum atomic E-state index is 12.5. The van der Waals surface area contributed by atoms with Gasteiger partial charge in [-0.05, 0) is 44.9 Å². The molecule has 5 heteroatoms. The SMILES string of the molecule is CCn1c(=O)oc2cc(C(=O)C3(C)CCCO3)ccc21. The van der Waals surface area contributed by atoms with Gasteiger partial charge in [0.05, 0.1) is 5.52 Å². The average Bonchev–Trinajstić information content (AvgIpc) is 3.00. The molecule has 0 spiro atoms. The van der Waals surface area contributed by atoms with E-state index in [2.05, 4.69) is 0 Å². The number of nitrogens with zero attached hydrogens (tertiary/aromatic N) is 1. The summed E-state index contributed by atoms with van der Waals surface area (Å²) in [6.07, 6.45) is 1.62. The van der Waals surface area contributed by atoms with E-state index in [1.807, 2.05) is 13.8 Å². The third-order valence-electron chi connectivity index (χ3n) is 3.95. The van der Waals surface area contributed by atoms with Crippen molar-refractivity contribution in [2.45, 2.75) is 38.8 Å². The number of carbonyl (C=O) groups is 1. The lowest BCUT2D eigenvalue weighted by atomic mass is 9.92. The van der Waals surface area contributed by atoms with Crippen molar-refractivity contribution >= 4 is 16.9 Å². The van der Waals surface area contributed by atoms with Crippen LogP contribution in [0.4, 0.5) is 0 Å². The summed E-state index contributed by atoms with van der Waals surface area (Å²) in [5.74, 6) is -0.445. The molecule has 1 aromatic heterocycles. The Morgan fingerprint density at radius 2 is 2.25 bits per heavy atom. The molecule has 106 valence electrons. The van der Waals surface area contributed by atoms with Crippen LogP contribution in [-0.4, -0.2) is 22.6 Å². The number of aryl methyl sites for hydroxylation is 1. The van der Waals surface area contributed by atoms with E-state index in [4.69, 9.17) is 9.15 Å². The van der Waals surface area contributed by atoms with Crippen molar-refractivity contribution in [3.05, 3.63) is 34.3 Å². The molecular formula is C15H17NO4. The van der Waals surface area contributed by atoms with Gasteiger partial charge in [-0.1, -0.05) is 0 Å². The van der Waals surface area contributed by atoms with Gasteiger partial charge < -0.3 is 9.15 Å². The monoisotopic (exact) mass is 275 g/mol. The quantitative estimate of drug-likeness (QED) is 0.807. The van der Waals surface area contributed by atoms with Crippen molar-refractivity contribution in [1.29, 1.82) is 0 Å². The first-order valence-electron chi connectivity index (χ1n) is 6.87. The summed E-state index contributed by atoms with van der Waals surface area (Å²) in [5, 5.41) is 0. The topological polar surface area (TPSA) is 61.4 Å². The Bertz CT molecular complexity index is 719. The summed E-state index contributed by atoms with van der Waals surface area (Å²) < 4.78 is 12.3. The number of hydrogen-bond acceptors (Lipinski definition) is 4. The fraction of sp³-hybridized carbons (Fsp3) is 0.467.